The van der Waals surface area contributed by atoms with Gasteiger partial charge in [0.05, 0.1) is 11.2 Å². The third kappa shape index (κ3) is 3.78. The van der Waals surface area contributed by atoms with Gasteiger partial charge in [0, 0.05) is 56.3 Å². The van der Waals surface area contributed by atoms with Crippen LogP contribution in [-0.2, 0) is 13.1 Å². The predicted octanol–water partition coefficient (Wildman–Crippen LogP) is 2.94. The molecule has 6 nitrogen and oxygen atoms in total. The monoisotopic (exact) mass is 412 g/mol. The van der Waals surface area contributed by atoms with Crippen LogP contribution in [-0.4, -0.2) is 51.4 Å². The summed E-state index contributed by atoms with van der Waals surface area (Å²) in [4.78, 5) is 35.1. The van der Waals surface area contributed by atoms with Crippen LogP contribution in [0.4, 0.5) is 0 Å². The molecule has 29 heavy (non-hydrogen) atoms. The Morgan fingerprint density at radius 2 is 1.93 bits per heavy atom. The van der Waals surface area contributed by atoms with Gasteiger partial charge in [-0.2, -0.15) is 0 Å². The van der Waals surface area contributed by atoms with Gasteiger partial charge in [-0.3, -0.25) is 14.5 Å². The highest BCUT2D eigenvalue weighted by Crippen LogP contribution is 2.35. The first kappa shape index (κ1) is 19.0. The molecule has 2 aromatic heterocycles. The standard InChI is InChI=1S/C22H28N4O2S/c27-21(25-7-3-1-2-4-8-25)19-5-6-20-17-9-16(11-26(20)22(19)28)10-24(12-17)13-18-14-29-15-23-18/h5-6,14-17H,1-4,7-13H2/t16-,17+/m0/s1. The average Bonchev–Trinajstić information content (AvgIpc) is 3.07. The van der Waals surface area contributed by atoms with Crippen LogP contribution in [0.15, 0.2) is 27.8 Å². The van der Waals surface area contributed by atoms with E-state index in [1.165, 1.54) is 12.8 Å². The summed E-state index contributed by atoms with van der Waals surface area (Å²) in [5.74, 6) is 0.741. The molecule has 1 amide bonds. The minimum absolute atomic E-state index is 0.0758. The van der Waals surface area contributed by atoms with E-state index in [-0.39, 0.29) is 11.5 Å². The fourth-order valence-corrected chi connectivity index (χ4v) is 5.88. The van der Waals surface area contributed by atoms with Crippen molar-refractivity contribution in [2.45, 2.75) is 51.1 Å². The lowest BCUT2D eigenvalue weighted by Crippen LogP contribution is -2.48. The Hall–Kier alpha value is -1.99. The van der Waals surface area contributed by atoms with Crippen molar-refractivity contribution in [3.05, 3.63) is 50.3 Å². The van der Waals surface area contributed by atoms with Crippen molar-refractivity contribution < 1.29 is 4.79 Å². The van der Waals surface area contributed by atoms with Gasteiger partial charge in [0.25, 0.3) is 11.5 Å². The van der Waals surface area contributed by atoms with E-state index in [9.17, 15) is 9.59 Å². The largest absolute Gasteiger partial charge is 0.338 e. The molecule has 2 fully saturated rings. The van der Waals surface area contributed by atoms with Gasteiger partial charge in [0.15, 0.2) is 0 Å². The molecule has 0 radical (unpaired) electrons. The number of aromatic nitrogens is 2. The average molecular weight is 413 g/mol. The van der Waals surface area contributed by atoms with Crippen LogP contribution < -0.4 is 5.56 Å². The summed E-state index contributed by atoms with van der Waals surface area (Å²) in [7, 11) is 0. The van der Waals surface area contributed by atoms with E-state index >= 15 is 0 Å². The number of fused-ring (bicyclic) bond motifs is 4. The molecule has 0 spiro atoms. The normalized spacial score (nSPS) is 24.8. The number of piperidine rings is 1. The van der Waals surface area contributed by atoms with Gasteiger partial charge in [-0.15, -0.1) is 11.3 Å². The van der Waals surface area contributed by atoms with Gasteiger partial charge in [-0.25, -0.2) is 4.98 Å². The van der Waals surface area contributed by atoms with Crippen molar-refractivity contribution in [1.29, 1.82) is 0 Å². The maximum atomic E-state index is 13.2. The molecule has 2 bridgehead atoms. The van der Waals surface area contributed by atoms with Gasteiger partial charge in [0.2, 0.25) is 0 Å². The molecule has 5 heterocycles. The van der Waals surface area contributed by atoms with Crippen LogP contribution in [0.3, 0.4) is 0 Å². The summed E-state index contributed by atoms with van der Waals surface area (Å²) in [5.41, 5.74) is 4.39. The van der Waals surface area contributed by atoms with Crippen molar-refractivity contribution in [2.24, 2.45) is 5.92 Å². The predicted molar refractivity (Wildman–Crippen MR) is 113 cm³/mol. The lowest BCUT2D eigenvalue weighted by Gasteiger charge is -2.42. The zero-order chi connectivity index (χ0) is 19.8. The minimum atomic E-state index is -0.0839. The molecular formula is C22H28N4O2S. The van der Waals surface area contributed by atoms with Crippen LogP contribution >= 0.6 is 11.3 Å². The molecule has 154 valence electrons. The fraction of sp³-hybridized carbons (Fsp3) is 0.591. The summed E-state index contributed by atoms with van der Waals surface area (Å²) in [6.07, 6.45) is 5.56. The Kier molecular flexibility index (Phi) is 5.26. The molecule has 0 unspecified atom stereocenters. The topological polar surface area (TPSA) is 58.4 Å². The number of likely N-dealkylation sites (tertiary alicyclic amines) is 2. The summed E-state index contributed by atoms with van der Waals surface area (Å²) in [6, 6.07) is 3.83. The third-order valence-electron chi connectivity index (χ3n) is 6.67. The second kappa shape index (κ2) is 8.03. The summed E-state index contributed by atoms with van der Waals surface area (Å²) < 4.78 is 1.91. The highest BCUT2D eigenvalue weighted by molar-refractivity contribution is 7.07. The molecule has 7 heteroatoms. The lowest BCUT2D eigenvalue weighted by molar-refractivity contribution is 0.0756. The van der Waals surface area contributed by atoms with Gasteiger partial charge in [-0.1, -0.05) is 12.8 Å². The van der Waals surface area contributed by atoms with Gasteiger partial charge >= 0.3 is 0 Å². The van der Waals surface area contributed by atoms with Crippen molar-refractivity contribution in [3.63, 3.8) is 0 Å². The Labute approximate surface area is 175 Å². The molecule has 0 aliphatic carbocycles. The quantitative estimate of drug-likeness (QED) is 0.778. The summed E-state index contributed by atoms with van der Waals surface area (Å²) in [5, 5.41) is 2.11. The number of rotatable bonds is 3. The van der Waals surface area contributed by atoms with Gasteiger partial charge < -0.3 is 9.47 Å². The van der Waals surface area contributed by atoms with Gasteiger partial charge in [-0.05, 0) is 37.3 Å². The highest BCUT2D eigenvalue weighted by Gasteiger charge is 2.35. The SMILES string of the molecule is O=C(c1ccc2n(c1=O)C[C@H]1C[C@@H]2CN(Cc2cscn2)C1)N1CCCCCC1. The first-order valence-electron chi connectivity index (χ1n) is 10.8. The first-order valence-corrected chi connectivity index (χ1v) is 11.8. The molecular weight excluding hydrogens is 384 g/mol. The number of hydrogen-bond donors (Lipinski definition) is 0. The summed E-state index contributed by atoms with van der Waals surface area (Å²) in [6.45, 7) is 5.09. The molecule has 0 N–H and O–H groups in total. The Balaban J connectivity index is 1.38. The molecule has 0 saturated carbocycles. The van der Waals surface area contributed by atoms with E-state index in [2.05, 4.69) is 15.3 Å². The second-order valence-corrected chi connectivity index (χ2v) is 9.49. The zero-order valence-corrected chi connectivity index (χ0v) is 17.6. The Morgan fingerprint density at radius 1 is 1.10 bits per heavy atom. The van der Waals surface area contributed by atoms with Crippen LogP contribution in [0.1, 0.15) is 59.8 Å². The van der Waals surface area contributed by atoms with Crippen molar-refractivity contribution >= 4 is 17.2 Å². The fourth-order valence-electron chi connectivity index (χ4n) is 5.33. The van der Waals surface area contributed by atoms with Crippen LogP contribution in [0.5, 0.6) is 0 Å². The number of carbonyl (C=O) groups excluding carboxylic acids is 1. The van der Waals surface area contributed by atoms with E-state index in [1.54, 1.807) is 17.4 Å². The first-order chi connectivity index (χ1) is 14.2. The lowest BCUT2D eigenvalue weighted by atomic mass is 9.83. The maximum Gasteiger partial charge on any atom is 0.263 e. The molecule has 5 rings (SSSR count). The third-order valence-corrected chi connectivity index (χ3v) is 7.31. The van der Waals surface area contributed by atoms with Crippen LogP contribution in [0, 0.1) is 5.92 Å². The molecule has 2 atom stereocenters. The van der Waals surface area contributed by atoms with E-state index in [4.69, 9.17) is 0 Å². The molecule has 2 saturated heterocycles. The van der Waals surface area contributed by atoms with Crippen LogP contribution in [0.25, 0.3) is 0 Å². The molecule has 3 aliphatic rings. The number of amides is 1. The number of pyridine rings is 1. The van der Waals surface area contributed by atoms with E-state index in [0.717, 1.165) is 69.9 Å². The Bertz CT molecular complexity index is 931. The molecule has 0 aromatic carbocycles. The van der Waals surface area contributed by atoms with E-state index in [0.29, 0.717) is 17.4 Å². The van der Waals surface area contributed by atoms with Crippen molar-refractivity contribution in [2.75, 3.05) is 26.2 Å². The number of carbonyl (C=O) groups is 1. The molecule has 2 aromatic rings. The number of thiazole rings is 1. The van der Waals surface area contributed by atoms with Crippen molar-refractivity contribution in [1.82, 2.24) is 19.4 Å². The Morgan fingerprint density at radius 3 is 2.69 bits per heavy atom. The van der Waals surface area contributed by atoms with Crippen molar-refractivity contribution in [3.8, 4) is 0 Å². The minimum Gasteiger partial charge on any atom is -0.338 e. The van der Waals surface area contributed by atoms with E-state index in [1.807, 2.05) is 21.0 Å². The maximum absolute atomic E-state index is 13.2. The highest BCUT2D eigenvalue weighted by atomic mass is 32.1. The van der Waals surface area contributed by atoms with Gasteiger partial charge in [0.1, 0.15) is 5.56 Å². The van der Waals surface area contributed by atoms with E-state index < -0.39 is 0 Å². The number of nitrogens with zero attached hydrogens (tertiary/aromatic N) is 4. The molecule has 3 aliphatic heterocycles. The van der Waals surface area contributed by atoms with Crippen LogP contribution in [0.2, 0.25) is 0 Å². The smallest absolute Gasteiger partial charge is 0.263 e. The second-order valence-electron chi connectivity index (χ2n) is 8.77. The number of hydrogen-bond acceptors (Lipinski definition) is 5. The zero-order valence-electron chi connectivity index (χ0n) is 16.8. The summed E-state index contributed by atoms with van der Waals surface area (Å²) >= 11 is 1.64.